The van der Waals surface area contributed by atoms with Crippen molar-refractivity contribution in [2.45, 2.75) is 39.7 Å². The molecule has 0 saturated carbocycles. The van der Waals surface area contributed by atoms with E-state index in [1.54, 1.807) is 13.1 Å². The summed E-state index contributed by atoms with van der Waals surface area (Å²) < 4.78 is 2.92. The average Bonchev–Trinajstić information content (AvgIpc) is 2.45. The molecule has 0 fully saturated rings. The second kappa shape index (κ2) is 4.73. The number of rotatable bonds is 4. The lowest BCUT2D eigenvalue weighted by Crippen LogP contribution is -2.09. The molecule has 0 N–H and O–H groups in total. The molecular formula is C10H15BrN2O. The van der Waals surface area contributed by atoms with E-state index in [1.165, 1.54) is 0 Å². The summed E-state index contributed by atoms with van der Waals surface area (Å²) in [5.41, 5.74) is 1.11. The Morgan fingerprint density at radius 2 is 2.36 bits per heavy atom. The molecule has 1 heterocycles. The molecule has 0 saturated heterocycles. The van der Waals surface area contributed by atoms with Gasteiger partial charge in [0.25, 0.3) is 0 Å². The minimum atomic E-state index is 0.216. The first-order valence-corrected chi connectivity index (χ1v) is 5.56. The van der Waals surface area contributed by atoms with Crippen LogP contribution >= 0.6 is 15.9 Å². The first-order chi connectivity index (χ1) is 6.56. The lowest BCUT2D eigenvalue weighted by atomic mass is 10.0. The van der Waals surface area contributed by atoms with Gasteiger partial charge in [-0.25, -0.2) is 0 Å². The summed E-state index contributed by atoms with van der Waals surface area (Å²) in [4.78, 5) is 11.0. The van der Waals surface area contributed by atoms with Crippen molar-refractivity contribution in [3.05, 3.63) is 16.4 Å². The molecule has 1 aromatic rings. The second-order valence-electron chi connectivity index (χ2n) is 3.50. The summed E-state index contributed by atoms with van der Waals surface area (Å²) in [6.07, 6.45) is 2.36. The van der Waals surface area contributed by atoms with Crippen LogP contribution in [0.5, 0.6) is 0 Å². The molecule has 78 valence electrons. The smallest absolute Gasteiger partial charge is 0.130 e. The van der Waals surface area contributed by atoms with Gasteiger partial charge in [-0.15, -0.1) is 0 Å². The van der Waals surface area contributed by atoms with E-state index < -0.39 is 0 Å². The van der Waals surface area contributed by atoms with Crippen LogP contribution in [0.4, 0.5) is 0 Å². The quantitative estimate of drug-likeness (QED) is 0.833. The maximum absolute atomic E-state index is 11.0. The number of aromatic nitrogens is 2. The number of hydrogen-bond acceptors (Lipinski definition) is 2. The minimum Gasteiger partial charge on any atom is -0.300 e. The molecule has 1 unspecified atom stereocenters. The highest BCUT2D eigenvalue weighted by Gasteiger charge is 2.16. The van der Waals surface area contributed by atoms with Crippen LogP contribution in [0.15, 0.2) is 10.7 Å². The van der Waals surface area contributed by atoms with Crippen LogP contribution in [0.3, 0.4) is 0 Å². The van der Waals surface area contributed by atoms with Crippen molar-refractivity contribution in [3.63, 3.8) is 0 Å². The number of nitrogens with zero attached hydrogens (tertiary/aromatic N) is 2. The highest BCUT2D eigenvalue weighted by Crippen LogP contribution is 2.27. The largest absolute Gasteiger partial charge is 0.300 e. The molecule has 0 amide bonds. The van der Waals surface area contributed by atoms with Crippen molar-refractivity contribution in [1.82, 2.24) is 9.78 Å². The van der Waals surface area contributed by atoms with E-state index in [2.05, 4.69) is 28.0 Å². The highest BCUT2D eigenvalue weighted by molar-refractivity contribution is 9.10. The Morgan fingerprint density at radius 1 is 1.71 bits per heavy atom. The van der Waals surface area contributed by atoms with Crippen molar-refractivity contribution in [2.24, 2.45) is 0 Å². The average molecular weight is 259 g/mol. The van der Waals surface area contributed by atoms with Crippen LogP contribution < -0.4 is 0 Å². The lowest BCUT2D eigenvalue weighted by molar-refractivity contribution is -0.117. The Balaban J connectivity index is 2.92. The molecule has 0 spiro atoms. The van der Waals surface area contributed by atoms with E-state index in [0.29, 0.717) is 6.42 Å². The molecule has 0 aliphatic rings. The topological polar surface area (TPSA) is 34.9 Å². The van der Waals surface area contributed by atoms with Crippen molar-refractivity contribution < 1.29 is 4.79 Å². The molecule has 1 atom stereocenters. The van der Waals surface area contributed by atoms with E-state index in [1.807, 2.05) is 11.6 Å². The third kappa shape index (κ3) is 2.44. The third-order valence-electron chi connectivity index (χ3n) is 2.19. The van der Waals surface area contributed by atoms with Crippen LogP contribution in [-0.4, -0.2) is 15.6 Å². The lowest BCUT2D eigenvalue weighted by Gasteiger charge is -2.12. The summed E-state index contributed by atoms with van der Waals surface area (Å²) in [5.74, 6) is 0.442. The predicted molar refractivity (Wildman–Crippen MR) is 59.3 cm³/mol. The zero-order valence-electron chi connectivity index (χ0n) is 8.75. The Morgan fingerprint density at radius 3 is 2.86 bits per heavy atom. The van der Waals surface area contributed by atoms with Crippen molar-refractivity contribution in [3.8, 4) is 0 Å². The monoisotopic (exact) mass is 258 g/mol. The van der Waals surface area contributed by atoms with Gasteiger partial charge in [-0.1, -0.05) is 6.92 Å². The molecule has 0 aliphatic heterocycles. The molecule has 4 heteroatoms. The molecular weight excluding hydrogens is 244 g/mol. The number of Topliss-reactive ketones (excluding diaryl/α,β-unsaturated/α-hetero) is 1. The van der Waals surface area contributed by atoms with E-state index >= 15 is 0 Å². The fraction of sp³-hybridized carbons (Fsp3) is 0.600. The Labute approximate surface area is 92.6 Å². The van der Waals surface area contributed by atoms with Gasteiger partial charge in [0.05, 0.1) is 16.4 Å². The van der Waals surface area contributed by atoms with Gasteiger partial charge in [0.15, 0.2) is 0 Å². The van der Waals surface area contributed by atoms with Gasteiger partial charge in [0.2, 0.25) is 0 Å². The summed E-state index contributed by atoms with van der Waals surface area (Å²) >= 11 is 3.45. The molecule has 0 bridgehead atoms. The van der Waals surface area contributed by atoms with Gasteiger partial charge < -0.3 is 4.79 Å². The van der Waals surface area contributed by atoms with Crippen molar-refractivity contribution in [1.29, 1.82) is 0 Å². The zero-order valence-corrected chi connectivity index (χ0v) is 10.3. The summed E-state index contributed by atoms with van der Waals surface area (Å²) in [6.45, 7) is 6.55. The Kier molecular flexibility index (Phi) is 3.86. The third-order valence-corrected chi connectivity index (χ3v) is 2.80. The Hall–Kier alpha value is -0.640. The number of carbonyl (C=O) groups excluding carboxylic acids is 1. The van der Waals surface area contributed by atoms with Crippen LogP contribution in [0, 0.1) is 0 Å². The van der Waals surface area contributed by atoms with Crippen LogP contribution in [0.25, 0.3) is 0 Å². The van der Waals surface area contributed by atoms with Gasteiger partial charge in [-0.2, -0.15) is 5.10 Å². The first kappa shape index (κ1) is 11.4. The van der Waals surface area contributed by atoms with Gasteiger partial charge in [0.1, 0.15) is 5.78 Å². The minimum absolute atomic E-state index is 0.216. The number of carbonyl (C=O) groups is 1. The molecule has 0 radical (unpaired) electrons. The molecule has 0 aromatic carbocycles. The van der Waals surface area contributed by atoms with Gasteiger partial charge in [-0.3, -0.25) is 4.68 Å². The summed E-state index contributed by atoms with van der Waals surface area (Å²) in [7, 11) is 0. The fourth-order valence-corrected chi connectivity index (χ4v) is 2.33. The highest BCUT2D eigenvalue weighted by atomic mass is 79.9. The van der Waals surface area contributed by atoms with Gasteiger partial charge >= 0.3 is 0 Å². The summed E-state index contributed by atoms with van der Waals surface area (Å²) in [5, 5.41) is 4.22. The van der Waals surface area contributed by atoms with Gasteiger partial charge in [0, 0.05) is 18.9 Å². The zero-order chi connectivity index (χ0) is 10.7. The van der Waals surface area contributed by atoms with E-state index in [0.717, 1.165) is 16.7 Å². The van der Waals surface area contributed by atoms with Crippen molar-refractivity contribution >= 4 is 21.7 Å². The number of hydrogen-bond donors (Lipinski definition) is 0. The first-order valence-electron chi connectivity index (χ1n) is 4.76. The second-order valence-corrected chi connectivity index (χ2v) is 4.36. The van der Waals surface area contributed by atoms with E-state index in [4.69, 9.17) is 0 Å². The summed E-state index contributed by atoms with van der Waals surface area (Å²) in [6, 6.07) is 0. The molecule has 1 aromatic heterocycles. The maximum atomic E-state index is 11.0. The standard InChI is InChI=1S/C10H15BrN2O/c1-4-13-10(9(11)6-12-13)7(2)5-8(3)14/h6-7H,4-5H2,1-3H3. The number of aryl methyl sites for hydroxylation is 1. The van der Waals surface area contributed by atoms with Crippen LogP contribution in [0.1, 0.15) is 38.8 Å². The molecule has 1 rings (SSSR count). The number of halogens is 1. The Bertz CT molecular complexity index is 333. The van der Waals surface area contributed by atoms with Crippen molar-refractivity contribution in [2.75, 3.05) is 0 Å². The molecule has 3 nitrogen and oxygen atoms in total. The fourth-order valence-electron chi connectivity index (χ4n) is 1.64. The SMILES string of the molecule is CCn1ncc(Br)c1C(C)CC(C)=O. The molecule has 14 heavy (non-hydrogen) atoms. The van der Waals surface area contributed by atoms with Crippen LogP contribution in [-0.2, 0) is 11.3 Å². The van der Waals surface area contributed by atoms with Crippen LogP contribution in [0.2, 0.25) is 0 Å². The van der Waals surface area contributed by atoms with Gasteiger partial charge in [-0.05, 0) is 29.8 Å². The molecule has 0 aliphatic carbocycles. The number of ketones is 1. The van der Waals surface area contributed by atoms with E-state index in [9.17, 15) is 4.79 Å². The predicted octanol–water partition coefficient (Wildman–Crippen LogP) is 2.75. The maximum Gasteiger partial charge on any atom is 0.130 e. The van der Waals surface area contributed by atoms with E-state index in [-0.39, 0.29) is 11.7 Å². The normalized spacial score (nSPS) is 12.9.